The van der Waals surface area contributed by atoms with Gasteiger partial charge in [0, 0.05) is 17.2 Å². The molecule has 104 valence electrons. The number of rotatable bonds is 2. The smallest absolute Gasteiger partial charge is 0.273 e. The highest BCUT2D eigenvalue weighted by Crippen LogP contribution is 2.33. The van der Waals surface area contributed by atoms with Gasteiger partial charge in [-0.25, -0.2) is 4.98 Å². The molecule has 0 aliphatic carbocycles. The number of amides is 1. The summed E-state index contributed by atoms with van der Waals surface area (Å²) in [5.74, 6) is 1.71. The lowest BCUT2D eigenvalue weighted by Crippen LogP contribution is -2.31. The van der Waals surface area contributed by atoms with Crippen LogP contribution in [0.4, 0.5) is 0 Å². The average Bonchev–Trinajstić information content (AvgIpc) is 3.07. The van der Waals surface area contributed by atoms with Crippen LogP contribution in [-0.2, 0) is 0 Å². The minimum Gasteiger partial charge on any atom is -0.464 e. The molecule has 2 aromatic heterocycles. The number of pyridine rings is 1. The van der Waals surface area contributed by atoms with Gasteiger partial charge in [-0.3, -0.25) is 4.79 Å². The lowest BCUT2D eigenvalue weighted by molar-refractivity contribution is 0.0713. The van der Waals surface area contributed by atoms with E-state index in [1.54, 1.807) is 12.3 Å². The zero-order valence-electron chi connectivity index (χ0n) is 11.2. The van der Waals surface area contributed by atoms with Crippen molar-refractivity contribution < 1.29 is 9.21 Å². The van der Waals surface area contributed by atoms with Crippen molar-refractivity contribution in [3.05, 3.63) is 52.1 Å². The molecular weight excluding hydrogens is 320 g/mol. The van der Waals surface area contributed by atoms with Crippen molar-refractivity contribution in [2.45, 2.75) is 25.8 Å². The van der Waals surface area contributed by atoms with Crippen molar-refractivity contribution >= 4 is 21.8 Å². The van der Waals surface area contributed by atoms with Gasteiger partial charge in [0.15, 0.2) is 0 Å². The number of aromatic nitrogens is 1. The van der Waals surface area contributed by atoms with Gasteiger partial charge in [-0.15, -0.1) is 0 Å². The molecular formula is C15H15BrN2O2. The Labute approximate surface area is 125 Å². The van der Waals surface area contributed by atoms with E-state index >= 15 is 0 Å². The fourth-order valence-corrected chi connectivity index (χ4v) is 2.82. The second-order valence-corrected chi connectivity index (χ2v) is 5.88. The summed E-state index contributed by atoms with van der Waals surface area (Å²) >= 11 is 3.33. The van der Waals surface area contributed by atoms with Gasteiger partial charge in [0.25, 0.3) is 5.91 Å². The molecule has 5 heteroatoms. The maximum atomic E-state index is 12.6. The van der Waals surface area contributed by atoms with Crippen molar-refractivity contribution in [3.63, 3.8) is 0 Å². The fourth-order valence-electron chi connectivity index (χ4n) is 2.59. The molecule has 1 atom stereocenters. The van der Waals surface area contributed by atoms with Crippen molar-refractivity contribution in [3.8, 4) is 0 Å². The summed E-state index contributed by atoms with van der Waals surface area (Å²) < 4.78 is 6.55. The van der Waals surface area contributed by atoms with E-state index in [9.17, 15) is 4.79 Å². The number of carbonyl (C=O) groups is 1. The van der Waals surface area contributed by atoms with Crippen LogP contribution in [0.25, 0.3) is 0 Å². The quantitative estimate of drug-likeness (QED) is 0.840. The lowest BCUT2D eigenvalue weighted by Gasteiger charge is -2.22. The Morgan fingerprint density at radius 2 is 2.25 bits per heavy atom. The van der Waals surface area contributed by atoms with Crippen molar-refractivity contribution in [2.75, 3.05) is 6.54 Å². The lowest BCUT2D eigenvalue weighted by atomic mass is 10.1. The summed E-state index contributed by atoms with van der Waals surface area (Å²) in [4.78, 5) is 18.6. The Bertz CT molecular complexity index is 621. The van der Waals surface area contributed by atoms with Gasteiger partial charge in [-0.1, -0.05) is 0 Å². The van der Waals surface area contributed by atoms with Crippen molar-refractivity contribution in [2.24, 2.45) is 0 Å². The zero-order chi connectivity index (χ0) is 14.1. The van der Waals surface area contributed by atoms with Crippen LogP contribution in [0.2, 0.25) is 0 Å². The van der Waals surface area contributed by atoms with Crippen LogP contribution in [0.5, 0.6) is 0 Å². The first-order valence-corrected chi connectivity index (χ1v) is 7.43. The Morgan fingerprint density at radius 3 is 2.90 bits per heavy atom. The number of hydrogen-bond donors (Lipinski definition) is 0. The van der Waals surface area contributed by atoms with Crippen LogP contribution in [0, 0.1) is 6.92 Å². The highest BCUT2D eigenvalue weighted by molar-refractivity contribution is 9.10. The van der Waals surface area contributed by atoms with Crippen molar-refractivity contribution in [1.29, 1.82) is 0 Å². The molecule has 0 N–H and O–H groups in total. The SMILES string of the molecule is Cc1ccc(C2CCCN2C(=O)c2ccc(Br)cn2)o1. The predicted octanol–water partition coefficient (Wildman–Crippen LogP) is 3.72. The number of likely N-dealkylation sites (tertiary alicyclic amines) is 1. The van der Waals surface area contributed by atoms with E-state index < -0.39 is 0 Å². The molecule has 20 heavy (non-hydrogen) atoms. The number of nitrogens with zero attached hydrogens (tertiary/aromatic N) is 2. The Balaban J connectivity index is 1.85. The minimum absolute atomic E-state index is 0.0293. The highest BCUT2D eigenvalue weighted by Gasteiger charge is 2.33. The summed E-state index contributed by atoms with van der Waals surface area (Å²) in [7, 11) is 0. The molecule has 4 nitrogen and oxygen atoms in total. The molecule has 0 radical (unpaired) electrons. The molecule has 1 unspecified atom stereocenters. The number of carbonyl (C=O) groups excluding carboxylic acids is 1. The fraction of sp³-hybridized carbons (Fsp3) is 0.333. The van der Waals surface area contributed by atoms with Gasteiger partial charge in [-0.05, 0) is 60.0 Å². The van der Waals surface area contributed by atoms with Gasteiger partial charge in [-0.2, -0.15) is 0 Å². The molecule has 0 saturated carbocycles. The highest BCUT2D eigenvalue weighted by atomic mass is 79.9. The molecule has 0 aromatic carbocycles. The van der Waals surface area contributed by atoms with Crippen LogP contribution in [0.3, 0.4) is 0 Å². The normalized spacial score (nSPS) is 18.5. The first-order chi connectivity index (χ1) is 9.65. The minimum atomic E-state index is -0.0333. The summed E-state index contributed by atoms with van der Waals surface area (Å²) in [5, 5.41) is 0. The number of hydrogen-bond acceptors (Lipinski definition) is 3. The molecule has 1 aliphatic rings. The molecule has 0 spiro atoms. The third-order valence-corrected chi connectivity index (χ3v) is 4.02. The largest absolute Gasteiger partial charge is 0.464 e. The van der Waals surface area contributed by atoms with Gasteiger partial charge in [0.2, 0.25) is 0 Å². The molecule has 1 amide bonds. The zero-order valence-corrected chi connectivity index (χ0v) is 12.8. The van der Waals surface area contributed by atoms with E-state index in [-0.39, 0.29) is 11.9 Å². The number of halogens is 1. The first kappa shape index (κ1) is 13.4. The van der Waals surface area contributed by atoms with Gasteiger partial charge >= 0.3 is 0 Å². The van der Waals surface area contributed by atoms with Crippen LogP contribution in [0.1, 0.15) is 40.9 Å². The van der Waals surface area contributed by atoms with Gasteiger partial charge in [0.05, 0.1) is 6.04 Å². The summed E-state index contributed by atoms with van der Waals surface area (Å²) in [6, 6.07) is 7.51. The van der Waals surface area contributed by atoms with E-state index in [0.717, 1.165) is 35.4 Å². The van der Waals surface area contributed by atoms with E-state index in [1.807, 2.05) is 30.0 Å². The Kier molecular flexibility index (Phi) is 3.61. The monoisotopic (exact) mass is 334 g/mol. The topological polar surface area (TPSA) is 46.3 Å². The van der Waals surface area contributed by atoms with Crippen LogP contribution >= 0.6 is 15.9 Å². The molecule has 0 bridgehead atoms. The van der Waals surface area contributed by atoms with Crippen molar-refractivity contribution in [1.82, 2.24) is 9.88 Å². The second kappa shape index (κ2) is 5.40. The first-order valence-electron chi connectivity index (χ1n) is 6.64. The van der Waals surface area contributed by atoms with E-state index in [4.69, 9.17) is 4.42 Å². The number of furan rings is 1. The van der Waals surface area contributed by atoms with E-state index in [0.29, 0.717) is 5.69 Å². The molecule has 1 fully saturated rings. The summed E-state index contributed by atoms with van der Waals surface area (Å²) in [5.41, 5.74) is 0.475. The summed E-state index contributed by atoms with van der Waals surface area (Å²) in [6.07, 6.45) is 3.58. The summed E-state index contributed by atoms with van der Waals surface area (Å²) in [6.45, 7) is 2.67. The Morgan fingerprint density at radius 1 is 1.40 bits per heavy atom. The Hall–Kier alpha value is -1.62. The predicted molar refractivity (Wildman–Crippen MR) is 78.4 cm³/mol. The third kappa shape index (κ3) is 2.50. The van der Waals surface area contributed by atoms with Gasteiger partial charge < -0.3 is 9.32 Å². The third-order valence-electron chi connectivity index (χ3n) is 3.55. The average molecular weight is 335 g/mol. The molecule has 1 aliphatic heterocycles. The molecule has 2 aromatic rings. The van der Waals surface area contributed by atoms with Crippen LogP contribution in [0.15, 0.2) is 39.4 Å². The molecule has 1 saturated heterocycles. The van der Waals surface area contributed by atoms with Gasteiger partial charge in [0.1, 0.15) is 17.2 Å². The molecule has 3 rings (SSSR count). The maximum absolute atomic E-state index is 12.6. The van der Waals surface area contributed by atoms with Crippen LogP contribution in [-0.4, -0.2) is 22.3 Å². The standard InChI is InChI=1S/C15H15BrN2O2/c1-10-4-7-14(20-10)13-3-2-8-18(13)15(19)12-6-5-11(16)9-17-12/h4-7,9,13H,2-3,8H2,1H3. The maximum Gasteiger partial charge on any atom is 0.273 e. The number of aryl methyl sites for hydroxylation is 1. The van der Waals surface area contributed by atoms with E-state index in [2.05, 4.69) is 20.9 Å². The van der Waals surface area contributed by atoms with E-state index in [1.165, 1.54) is 0 Å². The molecule has 3 heterocycles. The second-order valence-electron chi connectivity index (χ2n) is 4.97. The van der Waals surface area contributed by atoms with Crippen LogP contribution < -0.4 is 0 Å².